The molecule has 5 heteroatoms. The molecule has 0 aliphatic carbocycles. The van der Waals surface area contributed by atoms with Gasteiger partial charge in [-0.05, 0) is 68.7 Å². The Bertz CT molecular complexity index is 712. The quantitative estimate of drug-likeness (QED) is 0.839. The second kappa shape index (κ2) is 8.26. The maximum absolute atomic E-state index is 12.3. The van der Waals surface area contributed by atoms with E-state index in [1.54, 1.807) is 31.2 Å². The Morgan fingerprint density at radius 1 is 1.12 bits per heavy atom. The van der Waals surface area contributed by atoms with Gasteiger partial charge in [0.2, 0.25) is 0 Å². The van der Waals surface area contributed by atoms with Crippen LogP contribution in [0.5, 0.6) is 5.75 Å². The fourth-order valence-electron chi connectivity index (χ4n) is 2.95. The highest BCUT2D eigenvalue weighted by Gasteiger charge is 2.16. The first-order valence-electron chi connectivity index (χ1n) is 8.70. The van der Waals surface area contributed by atoms with Crippen LogP contribution in [0.1, 0.15) is 26.2 Å². The van der Waals surface area contributed by atoms with Crippen LogP contribution >= 0.6 is 11.6 Å². The summed E-state index contributed by atoms with van der Waals surface area (Å²) in [7, 11) is 0. The third kappa shape index (κ3) is 4.89. The number of carbonyl (C=O) groups excluding carboxylic acids is 1. The Balaban J connectivity index is 1.56. The summed E-state index contributed by atoms with van der Waals surface area (Å²) < 4.78 is 5.64. The van der Waals surface area contributed by atoms with Gasteiger partial charge in [0.15, 0.2) is 6.10 Å². The number of piperidine rings is 1. The molecule has 3 rings (SSSR count). The normalized spacial score (nSPS) is 15.5. The van der Waals surface area contributed by atoms with Gasteiger partial charge in [0.05, 0.1) is 0 Å². The van der Waals surface area contributed by atoms with E-state index in [0.717, 1.165) is 18.8 Å². The Labute approximate surface area is 153 Å². The minimum Gasteiger partial charge on any atom is -0.481 e. The highest BCUT2D eigenvalue weighted by molar-refractivity contribution is 6.30. The topological polar surface area (TPSA) is 41.6 Å². The molecule has 0 bridgehead atoms. The largest absolute Gasteiger partial charge is 0.481 e. The Morgan fingerprint density at radius 3 is 2.52 bits per heavy atom. The fourth-order valence-corrected chi connectivity index (χ4v) is 3.13. The van der Waals surface area contributed by atoms with Gasteiger partial charge < -0.3 is 15.0 Å². The van der Waals surface area contributed by atoms with Crippen molar-refractivity contribution in [2.24, 2.45) is 0 Å². The molecule has 1 aliphatic heterocycles. The van der Waals surface area contributed by atoms with Crippen molar-refractivity contribution in [3.8, 4) is 5.75 Å². The molecule has 1 atom stereocenters. The summed E-state index contributed by atoms with van der Waals surface area (Å²) in [6.07, 6.45) is 3.20. The van der Waals surface area contributed by atoms with E-state index in [-0.39, 0.29) is 5.91 Å². The third-order valence-electron chi connectivity index (χ3n) is 4.33. The second-order valence-electron chi connectivity index (χ2n) is 6.30. The average Bonchev–Trinajstić information content (AvgIpc) is 2.63. The molecule has 0 spiro atoms. The maximum atomic E-state index is 12.3. The van der Waals surface area contributed by atoms with Crippen LogP contribution in [0.4, 0.5) is 11.4 Å². The summed E-state index contributed by atoms with van der Waals surface area (Å²) in [5.74, 6) is 0.390. The highest BCUT2D eigenvalue weighted by atomic mass is 35.5. The lowest BCUT2D eigenvalue weighted by atomic mass is 10.1. The number of hydrogen-bond donors (Lipinski definition) is 1. The average molecular weight is 359 g/mol. The van der Waals surface area contributed by atoms with Crippen molar-refractivity contribution in [3.63, 3.8) is 0 Å². The minimum atomic E-state index is -0.611. The van der Waals surface area contributed by atoms with Gasteiger partial charge in [0.25, 0.3) is 5.91 Å². The van der Waals surface area contributed by atoms with Crippen LogP contribution in [0.3, 0.4) is 0 Å². The Hall–Kier alpha value is -2.20. The number of halogens is 1. The molecule has 25 heavy (non-hydrogen) atoms. The molecule has 4 nitrogen and oxygen atoms in total. The molecule has 0 radical (unpaired) electrons. The van der Waals surface area contributed by atoms with E-state index in [1.807, 2.05) is 12.1 Å². The molecule has 1 aliphatic rings. The van der Waals surface area contributed by atoms with Crippen LogP contribution in [-0.2, 0) is 4.79 Å². The van der Waals surface area contributed by atoms with Crippen molar-refractivity contribution in [1.29, 1.82) is 0 Å². The summed E-state index contributed by atoms with van der Waals surface area (Å²) in [5.41, 5.74) is 1.98. The Morgan fingerprint density at radius 2 is 1.84 bits per heavy atom. The zero-order chi connectivity index (χ0) is 17.6. The van der Waals surface area contributed by atoms with Gasteiger partial charge in [-0.1, -0.05) is 17.7 Å². The maximum Gasteiger partial charge on any atom is 0.265 e. The summed E-state index contributed by atoms with van der Waals surface area (Å²) in [5, 5.41) is 3.47. The van der Waals surface area contributed by atoms with E-state index < -0.39 is 6.10 Å². The molecule has 1 fully saturated rings. The van der Waals surface area contributed by atoms with Gasteiger partial charge in [0.1, 0.15) is 5.75 Å². The van der Waals surface area contributed by atoms with Gasteiger partial charge >= 0.3 is 0 Å². The number of anilines is 2. The fraction of sp³-hybridized carbons (Fsp3) is 0.350. The van der Waals surface area contributed by atoms with E-state index in [2.05, 4.69) is 22.3 Å². The summed E-state index contributed by atoms with van der Waals surface area (Å²) in [6.45, 7) is 3.94. The van der Waals surface area contributed by atoms with Crippen molar-refractivity contribution >= 4 is 28.9 Å². The monoisotopic (exact) mass is 358 g/mol. The number of benzene rings is 2. The molecular weight excluding hydrogens is 336 g/mol. The molecular formula is C20H23ClN2O2. The lowest BCUT2D eigenvalue weighted by Crippen LogP contribution is -2.30. The zero-order valence-corrected chi connectivity index (χ0v) is 15.1. The smallest absolute Gasteiger partial charge is 0.265 e. The van der Waals surface area contributed by atoms with Gasteiger partial charge in [-0.2, -0.15) is 0 Å². The predicted octanol–water partition coefficient (Wildman–Crippen LogP) is 4.74. The molecule has 0 saturated carbocycles. The van der Waals surface area contributed by atoms with E-state index in [1.165, 1.54) is 24.9 Å². The van der Waals surface area contributed by atoms with Gasteiger partial charge in [-0.3, -0.25) is 4.79 Å². The second-order valence-corrected chi connectivity index (χ2v) is 6.74. The van der Waals surface area contributed by atoms with E-state index in [0.29, 0.717) is 10.8 Å². The first-order chi connectivity index (χ1) is 12.1. The predicted molar refractivity (Wildman–Crippen MR) is 103 cm³/mol. The molecule has 1 N–H and O–H groups in total. The number of ether oxygens (including phenoxy) is 1. The van der Waals surface area contributed by atoms with Crippen LogP contribution in [0, 0.1) is 0 Å². The van der Waals surface area contributed by atoms with E-state index in [9.17, 15) is 4.79 Å². The van der Waals surface area contributed by atoms with Gasteiger partial charge in [-0.25, -0.2) is 0 Å². The van der Waals surface area contributed by atoms with Crippen LogP contribution in [0.25, 0.3) is 0 Å². The molecule has 1 saturated heterocycles. The first-order valence-corrected chi connectivity index (χ1v) is 9.08. The standard InChI is InChI=1S/C20H23ClN2O2/c1-15(25-19-7-5-6-16(21)14-19)20(24)22-17-8-10-18(11-9-17)23-12-3-2-4-13-23/h5-11,14-15H,2-4,12-13H2,1H3,(H,22,24). The Kier molecular flexibility index (Phi) is 5.82. The van der Waals surface area contributed by atoms with Crippen molar-refractivity contribution < 1.29 is 9.53 Å². The van der Waals surface area contributed by atoms with Crippen molar-refractivity contribution in [1.82, 2.24) is 0 Å². The molecule has 0 aromatic heterocycles. The SMILES string of the molecule is CC(Oc1cccc(Cl)c1)C(=O)Nc1ccc(N2CCCCC2)cc1. The number of amides is 1. The third-order valence-corrected chi connectivity index (χ3v) is 4.57. The minimum absolute atomic E-state index is 0.189. The lowest BCUT2D eigenvalue weighted by molar-refractivity contribution is -0.122. The molecule has 1 unspecified atom stereocenters. The number of carbonyl (C=O) groups is 1. The van der Waals surface area contributed by atoms with Crippen LogP contribution in [0.15, 0.2) is 48.5 Å². The van der Waals surface area contributed by atoms with Crippen molar-refractivity contribution in [2.45, 2.75) is 32.3 Å². The van der Waals surface area contributed by atoms with Gasteiger partial charge in [-0.15, -0.1) is 0 Å². The number of hydrogen-bond acceptors (Lipinski definition) is 3. The first kappa shape index (κ1) is 17.6. The molecule has 2 aromatic carbocycles. The van der Waals surface area contributed by atoms with Crippen LogP contribution in [-0.4, -0.2) is 25.1 Å². The van der Waals surface area contributed by atoms with Crippen LogP contribution in [0.2, 0.25) is 5.02 Å². The molecule has 132 valence electrons. The van der Waals surface area contributed by atoms with Gasteiger partial charge in [0, 0.05) is 29.5 Å². The summed E-state index contributed by atoms with van der Waals surface area (Å²) in [4.78, 5) is 14.7. The van der Waals surface area contributed by atoms with Crippen molar-refractivity contribution in [2.75, 3.05) is 23.3 Å². The van der Waals surface area contributed by atoms with Crippen molar-refractivity contribution in [3.05, 3.63) is 53.6 Å². The molecule has 1 heterocycles. The molecule has 2 aromatic rings. The van der Waals surface area contributed by atoms with E-state index in [4.69, 9.17) is 16.3 Å². The van der Waals surface area contributed by atoms with E-state index >= 15 is 0 Å². The lowest BCUT2D eigenvalue weighted by Gasteiger charge is -2.28. The number of nitrogens with one attached hydrogen (secondary N) is 1. The summed E-state index contributed by atoms with van der Waals surface area (Å²) >= 11 is 5.93. The van der Waals surface area contributed by atoms with Crippen LogP contribution < -0.4 is 15.0 Å². The zero-order valence-electron chi connectivity index (χ0n) is 14.4. The number of nitrogens with zero attached hydrogens (tertiary/aromatic N) is 1. The number of rotatable bonds is 5. The highest BCUT2D eigenvalue weighted by Crippen LogP contribution is 2.22. The molecule has 1 amide bonds. The summed E-state index contributed by atoms with van der Waals surface area (Å²) in [6, 6.07) is 15.0.